The van der Waals surface area contributed by atoms with Crippen molar-refractivity contribution in [3.8, 4) is 0 Å². The lowest BCUT2D eigenvalue weighted by Gasteiger charge is -2.20. The lowest BCUT2D eigenvalue weighted by atomic mass is 10.1. The average Bonchev–Trinajstić information content (AvgIpc) is 2.98. The van der Waals surface area contributed by atoms with Gasteiger partial charge in [0.25, 0.3) is 0 Å². The van der Waals surface area contributed by atoms with Gasteiger partial charge in [0.1, 0.15) is 10.6 Å². The molecule has 2 unspecified atom stereocenters. The van der Waals surface area contributed by atoms with E-state index in [0.717, 1.165) is 35.5 Å². The quantitative estimate of drug-likeness (QED) is 0.878. The number of nitrogens with one attached hydrogen (secondary N) is 1. The predicted molar refractivity (Wildman–Crippen MR) is 74.5 cm³/mol. The van der Waals surface area contributed by atoms with Gasteiger partial charge in [-0.05, 0) is 42.8 Å². The van der Waals surface area contributed by atoms with Gasteiger partial charge in [-0.25, -0.2) is 9.97 Å². The van der Waals surface area contributed by atoms with Crippen LogP contribution in [0.3, 0.4) is 0 Å². The van der Waals surface area contributed by atoms with Crippen molar-refractivity contribution < 1.29 is 4.74 Å². The van der Waals surface area contributed by atoms with E-state index in [4.69, 9.17) is 16.3 Å². The molecule has 3 rings (SSSR count). The van der Waals surface area contributed by atoms with E-state index in [2.05, 4.69) is 22.2 Å². The molecule has 1 N–H and O–H groups in total. The molecule has 2 atom stereocenters. The minimum absolute atomic E-state index is 0.224. The van der Waals surface area contributed by atoms with E-state index in [1.54, 1.807) is 11.3 Å². The SMILES string of the molecule is CC(Nc1nc(Cl)nc2sccc12)C1CCCO1. The molecule has 0 radical (unpaired) electrons. The van der Waals surface area contributed by atoms with Gasteiger partial charge in [-0.2, -0.15) is 0 Å². The van der Waals surface area contributed by atoms with Gasteiger partial charge in [0.2, 0.25) is 5.28 Å². The first-order valence-electron chi connectivity index (χ1n) is 6.03. The Bertz CT molecular complexity index is 553. The highest BCUT2D eigenvalue weighted by Gasteiger charge is 2.23. The number of thiophene rings is 1. The van der Waals surface area contributed by atoms with Crippen LogP contribution in [-0.4, -0.2) is 28.7 Å². The smallest absolute Gasteiger partial charge is 0.225 e. The Kier molecular flexibility index (Phi) is 3.37. The molecular formula is C12H14ClN3OS. The van der Waals surface area contributed by atoms with Crippen LogP contribution in [0.4, 0.5) is 5.82 Å². The molecule has 0 spiro atoms. The number of nitrogens with zero attached hydrogens (tertiary/aromatic N) is 2. The first kappa shape index (κ1) is 12.1. The van der Waals surface area contributed by atoms with Crippen LogP contribution in [-0.2, 0) is 4.74 Å². The summed E-state index contributed by atoms with van der Waals surface area (Å²) in [6.45, 7) is 2.97. The highest BCUT2D eigenvalue weighted by atomic mass is 35.5. The second-order valence-corrected chi connectivity index (χ2v) is 5.70. The van der Waals surface area contributed by atoms with Crippen molar-refractivity contribution in [1.82, 2.24) is 9.97 Å². The minimum atomic E-state index is 0.224. The standard InChI is InChI=1S/C12H14ClN3OS/c1-7(9-3-2-5-17-9)14-10-8-4-6-18-11(8)16-12(13)15-10/h4,6-7,9H,2-3,5H2,1H3,(H,14,15,16). The molecule has 0 saturated carbocycles. The zero-order chi connectivity index (χ0) is 12.5. The van der Waals surface area contributed by atoms with Crippen LogP contribution in [0, 0.1) is 0 Å². The van der Waals surface area contributed by atoms with Crippen LogP contribution in [0.15, 0.2) is 11.4 Å². The number of rotatable bonds is 3. The third kappa shape index (κ3) is 2.30. The first-order chi connectivity index (χ1) is 8.74. The number of aromatic nitrogens is 2. The molecule has 2 aromatic heterocycles. The average molecular weight is 284 g/mol. The number of fused-ring (bicyclic) bond motifs is 1. The number of anilines is 1. The van der Waals surface area contributed by atoms with Crippen molar-refractivity contribution in [1.29, 1.82) is 0 Å². The molecule has 0 aromatic carbocycles. The van der Waals surface area contributed by atoms with E-state index in [9.17, 15) is 0 Å². The van der Waals surface area contributed by atoms with E-state index in [-0.39, 0.29) is 17.4 Å². The Balaban J connectivity index is 1.86. The van der Waals surface area contributed by atoms with Gasteiger partial charge < -0.3 is 10.1 Å². The monoisotopic (exact) mass is 283 g/mol. The van der Waals surface area contributed by atoms with Crippen LogP contribution in [0.1, 0.15) is 19.8 Å². The molecule has 1 saturated heterocycles. The Morgan fingerprint density at radius 3 is 3.22 bits per heavy atom. The van der Waals surface area contributed by atoms with Gasteiger partial charge in [-0.15, -0.1) is 11.3 Å². The Morgan fingerprint density at radius 2 is 2.44 bits per heavy atom. The fourth-order valence-corrected chi connectivity index (χ4v) is 3.23. The number of halogens is 1. The highest BCUT2D eigenvalue weighted by Crippen LogP contribution is 2.28. The highest BCUT2D eigenvalue weighted by molar-refractivity contribution is 7.16. The molecule has 4 nitrogen and oxygen atoms in total. The van der Waals surface area contributed by atoms with Crippen LogP contribution < -0.4 is 5.32 Å². The van der Waals surface area contributed by atoms with Crippen LogP contribution >= 0.6 is 22.9 Å². The maximum Gasteiger partial charge on any atom is 0.225 e. The van der Waals surface area contributed by atoms with E-state index < -0.39 is 0 Å². The van der Waals surface area contributed by atoms with E-state index in [1.165, 1.54) is 0 Å². The molecule has 1 aliphatic heterocycles. The molecule has 3 heterocycles. The van der Waals surface area contributed by atoms with Crippen molar-refractivity contribution in [3.63, 3.8) is 0 Å². The first-order valence-corrected chi connectivity index (χ1v) is 7.28. The van der Waals surface area contributed by atoms with Crippen molar-refractivity contribution >= 4 is 39.0 Å². The summed E-state index contributed by atoms with van der Waals surface area (Å²) in [6.07, 6.45) is 2.49. The van der Waals surface area contributed by atoms with Gasteiger partial charge in [0.15, 0.2) is 0 Å². The summed E-state index contributed by atoms with van der Waals surface area (Å²) in [4.78, 5) is 9.40. The van der Waals surface area contributed by atoms with Gasteiger partial charge in [0.05, 0.1) is 17.5 Å². The summed E-state index contributed by atoms with van der Waals surface area (Å²) in [5, 5.41) is 6.70. The Morgan fingerprint density at radius 1 is 1.56 bits per heavy atom. The second kappa shape index (κ2) is 4.99. The third-order valence-corrected chi connectivity index (χ3v) is 4.16. The fourth-order valence-electron chi connectivity index (χ4n) is 2.24. The zero-order valence-corrected chi connectivity index (χ0v) is 11.6. The molecule has 0 bridgehead atoms. The summed E-state index contributed by atoms with van der Waals surface area (Å²) < 4.78 is 5.67. The summed E-state index contributed by atoms with van der Waals surface area (Å²) in [5.41, 5.74) is 0. The van der Waals surface area contributed by atoms with Crippen molar-refractivity contribution in [2.45, 2.75) is 31.9 Å². The van der Waals surface area contributed by atoms with E-state index in [1.807, 2.05) is 11.4 Å². The van der Waals surface area contributed by atoms with Crippen LogP contribution in [0.2, 0.25) is 5.28 Å². The summed E-state index contributed by atoms with van der Waals surface area (Å²) in [6, 6.07) is 2.24. The molecule has 1 aliphatic rings. The largest absolute Gasteiger partial charge is 0.376 e. The molecule has 96 valence electrons. The summed E-state index contributed by atoms with van der Waals surface area (Å²) >= 11 is 7.51. The Labute approximate surface area is 114 Å². The lowest BCUT2D eigenvalue weighted by molar-refractivity contribution is 0.0996. The lowest BCUT2D eigenvalue weighted by Crippen LogP contribution is -2.30. The van der Waals surface area contributed by atoms with Crippen LogP contribution in [0.25, 0.3) is 10.2 Å². The van der Waals surface area contributed by atoms with Gasteiger partial charge in [-0.1, -0.05) is 0 Å². The predicted octanol–water partition coefficient (Wildman–Crippen LogP) is 3.32. The molecule has 2 aromatic rings. The topological polar surface area (TPSA) is 47.0 Å². The zero-order valence-electron chi connectivity index (χ0n) is 10.0. The molecular weight excluding hydrogens is 270 g/mol. The maximum atomic E-state index is 5.94. The van der Waals surface area contributed by atoms with Crippen molar-refractivity contribution in [2.24, 2.45) is 0 Å². The Hall–Kier alpha value is -0.910. The summed E-state index contributed by atoms with van der Waals surface area (Å²) in [7, 11) is 0. The van der Waals surface area contributed by atoms with Gasteiger partial charge in [-0.3, -0.25) is 0 Å². The summed E-state index contributed by atoms with van der Waals surface area (Å²) in [5.74, 6) is 0.800. The van der Waals surface area contributed by atoms with Crippen molar-refractivity contribution in [2.75, 3.05) is 11.9 Å². The molecule has 0 aliphatic carbocycles. The van der Waals surface area contributed by atoms with E-state index >= 15 is 0 Å². The van der Waals surface area contributed by atoms with Gasteiger partial charge >= 0.3 is 0 Å². The normalized spacial score (nSPS) is 21.3. The van der Waals surface area contributed by atoms with Crippen LogP contribution in [0.5, 0.6) is 0 Å². The van der Waals surface area contributed by atoms with Crippen molar-refractivity contribution in [3.05, 3.63) is 16.7 Å². The second-order valence-electron chi connectivity index (χ2n) is 4.47. The molecule has 1 fully saturated rings. The maximum absolute atomic E-state index is 5.94. The third-order valence-electron chi connectivity index (χ3n) is 3.18. The molecule has 6 heteroatoms. The molecule has 0 amide bonds. The minimum Gasteiger partial charge on any atom is -0.376 e. The fraction of sp³-hybridized carbons (Fsp3) is 0.500. The number of ether oxygens (including phenoxy) is 1. The van der Waals surface area contributed by atoms with E-state index in [0.29, 0.717) is 0 Å². The number of hydrogen-bond donors (Lipinski definition) is 1. The number of hydrogen-bond acceptors (Lipinski definition) is 5. The van der Waals surface area contributed by atoms with Gasteiger partial charge in [0, 0.05) is 6.61 Å². The molecule has 18 heavy (non-hydrogen) atoms.